The van der Waals surface area contributed by atoms with Crippen LogP contribution in [0.25, 0.3) is 0 Å². The van der Waals surface area contributed by atoms with E-state index in [4.69, 9.17) is 4.74 Å². The Morgan fingerprint density at radius 1 is 1.15 bits per heavy atom. The summed E-state index contributed by atoms with van der Waals surface area (Å²) in [5, 5.41) is 9.87. The first-order valence-electron chi connectivity index (χ1n) is 11.8. The minimum absolute atomic E-state index is 0.0156. The lowest BCUT2D eigenvalue weighted by molar-refractivity contribution is 0.0692. The lowest BCUT2D eigenvalue weighted by atomic mass is 10.0. The van der Waals surface area contributed by atoms with Crippen molar-refractivity contribution in [2.24, 2.45) is 11.8 Å². The number of nitrogens with one attached hydrogen (secondary N) is 1. The Labute approximate surface area is 199 Å². The van der Waals surface area contributed by atoms with Crippen molar-refractivity contribution >= 4 is 21.7 Å². The van der Waals surface area contributed by atoms with Gasteiger partial charge in [-0.15, -0.1) is 0 Å². The average Bonchev–Trinajstić information content (AvgIpc) is 3.71. The van der Waals surface area contributed by atoms with Gasteiger partial charge in [0.05, 0.1) is 17.2 Å². The van der Waals surface area contributed by atoms with Crippen molar-refractivity contribution in [1.29, 1.82) is 0 Å². The summed E-state index contributed by atoms with van der Waals surface area (Å²) in [6.07, 6.45) is 1.74. The summed E-state index contributed by atoms with van der Waals surface area (Å²) >= 11 is 0. The maximum absolute atomic E-state index is 14.2. The van der Waals surface area contributed by atoms with Crippen LogP contribution in [0.5, 0.6) is 5.75 Å². The molecule has 0 spiro atoms. The molecule has 5 rings (SSSR count). The van der Waals surface area contributed by atoms with E-state index in [2.05, 4.69) is 23.5 Å². The molecule has 3 aliphatic rings. The molecule has 0 amide bonds. The fourth-order valence-corrected chi connectivity index (χ4v) is 6.58. The summed E-state index contributed by atoms with van der Waals surface area (Å²) in [5.74, 6) is -0.624. The van der Waals surface area contributed by atoms with Gasteiger partial charge in [0.15, 0.2) is 0 Å². The van der Waals surface area contributed by atoms with E-state index in [-0.39, 0.29) is 39.6 Å². The topological polar surface area (TPSA) is 95.9 Å². The number of sulfonamides is 1. The maximum atomic E-state index is 14.2. The van der Waals surface area contributed by atoms with E-state index in [1.165, 1.54) is 18.2 Å². The normalized spacial score (nSPS) is 24.7. The molecule has 2 aromatic rings. The Hall–Kier alpha value is -2.65. The molecule has 2 saturated carbocycles. The highest BCUT2D eigenvalue weighted by Gasteiger charge is 2.46. The van der Waals surface area contributed by atoms with Crippen LogP contribution < -0.4 is 9.46 Å². The molecule has 1 heterocycles. The number of fused-ring (bicyclic) bond motifs is 3. The highest BCUT2D eigenvalue weighted by molar-refractivity contribution is 7.92. The summed E-state index contributed by atoms with van der Waals surface area (Å²) < 4.78 is 49.2. The first-order valence-corrected chi connectivity index (χ1v) is 13.3. The van der Waals surface area contributed by atoms with Crippen LogP contribution in [-0.4, -0.2) is 50.6 Å². The second kappa shape index (κ2) is 8.53. The van der Waals surface area contributed by atoms with Crippen molar-refractivity contribution in [2.75, 3.05) is 31.0 Å². The van der Waals surface area contributed by atoms with Crippen LogP contribution in [0.2, 0.25) is 0 Å². The number of rotatable bonds is 9. The smallest absolute Gasteiger partial charge is 0.341 e. The van der Waals surface area contributed by atoms with Gasteiger partial charge in [-0.05, 0) is 79.1 Å². The monoisotopic (exact) mass is 488 g/mol. The molecule has 2 N–H and O–H groups in total. The van der Waals surface area contributed by atoms with Gasteiger partial charge in [0.1, 0.15) is 17.1 Å². The number of halogens is 1. The molecule has 2 fully saturated rings. The predicted octanol–water partition coefficient (Wildman–Crippen LogP) is 4.27. The van der Waals surface area contributed by atoms with E-state index in [0.717, 1.165) is 44.1 Å². The van der Waals surface area contributed by atoms with E-state index in [1.807, 2.05) is 0 Å². The minimum atomic E-state index is -4.16. The van der Waals surface area contributed by atoms with Crippen molar-refractivity contribution in [3.8, 4) is 5.75 Å². The molecule has 9 heteroatoms. The SMILES string of the molecule is CCN(CC)CC1C[C@@H]1c1cc(F)ccc1S(=O)(=O)Nc1ccc2c(c1C(=O)O)OC[C@@H]1C[C@H]21. The largest absolute Gasteiger partial charge is 0.492 e. The number of ether oxygens (including phenoxy) is 1. The maximum Gasteiger partial charge on any atom is 0.341 e. The molecule has 34 heavy (non-hydrogen) atoms. The van der Waals surface area contributed by atoms with E-state index in [9.17, 15) is 22.7 Å². The molecule has 0 bridgehead atoms. The number of carboxylic acids is 1. The van der Waals surface area contributed by atoms with Crippen LogP contribution in [0, 0.1) is 17.7 Å². The third-order valence-electron chi connectivity index (χ3n) is 7.38. The van der Waals surface area contributed by atoms with E-state index in [1.54, 1.807) is 6.07 Å². The summed E-state index contributed by atoms with van der Waals surface area (Å²) in [7, 11) is -4.16. The summed E-state index contributed by atoms with van der Waals surface area (Å²) in [5.41, 5.74) is 1.03. The van der Waals surface area contributed by atoms with Crippen LogP contribution in [0.4, 0.5) is 10.1 Å². The molecule has 0 saturated heterocycles. The Morgan fingerprint density at radius 3 is 2.62 bits per heavy atom. The van der Waals surface area contributed by atoms with E-state index < -0.39 is 21.8 Å². The van der Waals surface area contributed by atoms with Gasteiger partial charge in [0.2, 0.25) is 0 Å². The summed E-state index contributed by atoms with van der Waals surface area (Å²) in [6.45, 7) is 7.22. The van der Waals surface area contributed by atoms with Crippen LogP contribution in [0.1, 0.15) is 60.0 Å². The standard InChI is InChI=1S/C25H29FN2O5S/c1-3-28(4-2)12-14-9-18(14)20-11-16(26)5-8-22(20)34(31,32)27-21-7-6-17-19-10-15(19)13-33-24(17)23(21)25(29)30/h5-8,11,14-15,18-19,27H,3-4,9-10,12-13H2,1-2H3,(H,29,30)/t14?,15-,18-,19-/m0/s1. The average molecular weight is 489 g/mol. The fraction of sp³-hybridized carbons (Fsp3) is 0.480. The summed E-state index contributed by atoms with van der Waals surface area (Å²) in [6, 6.07) is 6.93. The van der Waals surface area contributed by atoms with Gasteiger partial charge < -0.3 is 14.7 Å². The van der Waals surface area contributed by atoms with Crippen molar-refractivity contribution in [2.45, 2.75) is 43.4 Å². The zero-order valence-corrected chi connectivity index (χ0v) is 20.1. The third kappa shape index (κ3) is 4.15. The molecular formula is C25H29FN2O5S. The highest BCUT2D eigenvalue weighted by atomic mass is 32.2. The molecule has 7 nitrogen and oxygen atoms in total. The van der Waals surface area contributed by atoms with Gasteiger partial charge in [-0.1, -0.05) is 19.9 Å². The Kier molecular flexibility index (Phi) is 5.80. The number of aromatic carboxylic acids is 1. The van der Waals surface area contributed by atoms with Crippen molar-refractivity contribution in [3.05, 3.63) is 52.8 Å². The molecule has 1 unspecified atom stereocenters. The van der Waals surface area contributed by atoms with Crippen molar-refractivity contribution in [3.63, 3.8) is 0 Å². The number of hydrogen-bond acceptors (Lipinski definition) is 5. The fourth-order valence-electron chi connectivity index (χ4n) is 5.24. The molecule has 4 atom stereocenters. The lowest BCUT2D eigenvalue weighted by Crippen LogP contribution is -2.25. The lowest BCUT2D eigenvalue weighted by Gasteiger charge is -2.21. The van der Waals surface area contributed by atoms with Crippen LogP contribution in [0.15, 0.2) is 35.2 Å². The Balaban J connectivity index is 1.46. The van der Waals surface area contributed by atoms with Gasteiger partial charge >= 0.3 is 5.97 Å². The molecular weight excluding hydrogens is 459 g/mol. The zero-order chi connectivity index (χ0) is 24.2. The van der Waals surface area contributed by atoms with Crippen molar-refractivity contribution in [1.82, 2.24) is 4.90 Å². The number of benzene rings is 2. The Bertz CT molecular complexity index is 1240. The zero-order valence-electron chi connectivity index (χ0n) is 19.3. The van der Waals surface area contributed by atoms with Gasteiger partial charge in [-0.3, -0.25) is 4.72 Å². The quantitative estimate of drug-likeness (QED) is 0.547. The second-order valence-electron chi connectivity index (χ2n) is 9.50. The van der Waals surface area contributed by atoms with Crippen molar-refractivity contribution < 1.29 is 27.4 Å². The number of nitrogens with zero attached hydrogens (tertiary/aromatic N) is 1. The molecule has 2 aromatic carbocycles. The van der Waals surface area contributed by atoms with E-state index in [0.29, 0.717) is 18.1 Å². The number of hydrogen-bond donors (Lipinski definition) is 2. The first kappa shape index (κ1) is 23.1. The van der Waals surface area contributed by atoms with Gasteiger partial charge in [0.25, 0.3) is 10.0 Å². The predicted molar refractivity (Wildman–Crippen MR) is 126 cm³/mol. The van der Waals surface area contributed by atoms with Crippen LogP contribution in [0.3, 0.4) is 0 Å². The van der Waals surface area contributed by atoms with Crippen LogP contribution in [-0.2, 0) is 10.0 Å². The van der Waals surface area contributed by atoms with Gasteiger partial charge in [-0.2, -0.15) is 0 Å². The molecule has 182 valence electrons. The highest BCUT2D eigenvalue weighted by Crippen LogP contribution is 2.55. The molecule has 2 aliphatic carbocycles. The number of carbonyl (C=O) groups is 1. The third-order valence-corrected chi connectivity index (χ3v) is 8.82. The minimum Gasteiger partial charge on any atom is -0.492 e. The van der Waals surface area contributed by atoms with Crippen LogP contribution >= 0.6 is 0 Å². The number of anilines is 1. The van der Waals surface area contributed by atoms with Gasteiger partial charge in [0, 0.05) is 12.5 Å². The number of carboxylic acid groups (broad SMARTS) is 1. The molecule has 0 radical (unpaired) electrons. The van der Waals surface area contributed by atoms with Gasteiger partial charge in [-0.25, -0.2) is 17.6 Å². The Morgan fingerprint density at radius 2 is 1.91 bits per heavy atom. The first-order chi connectivity index (χ1) is 16.2. The summed E-state index contributed by atoms with van der Waals surface area (Å²) in [4.78, 5) is 14.4. The molecule has 0 aromatic heterocycles. The second-order valence-corrected chi connectivity index (χ2v) is 11.2. The molecule has 1 aliphatic heterocycles. The van der Waals surface area contributed by atoms with E-state index >= 15 is 0 Å².